The standard InChI is InChI=1S/C11H10N4O2S/c1-2-18-11-7(6-12)9(14-15-11)13-10(16)8-4-3-5-17-8/h3-5H,2H2,1H3,(H2,13,14,15,16). The van der Waals surface area contributed by atoms with E-state index in [0.29, 0.717) is 10.6 Å². The van der Waals surface area contributed by atoms with Crippen molar-refractivity contribution in [2.75, 3.05) is 11.1 Å². The molecule has 7 heteroatoms. The fourth-order valence-corrected chi connectivity index (χ4v) is 2.02. The Morgan fingerprint density at radius 2 is 2.56 bits per heavy atom. The summed E-state index contributed by atoms with van der Waals surface area (Å²) >= 11 is 1.43. The van der Waals surface area contributed by atoms with Crippen LogP contribution in [0.3, 0.4) is 0 Å². The Morgan fingerprint density at radius 3 is 3.17 bits per heavy atom. The van der Waals surface area contributed by atoms with E-state index in [4.69, 9.17) is 9.68 Å². The molecule has 1 amide bonds. The summed E-state index contributed by atoms with van der Waals surface area (Å²) < 4.78 is 4.96. The van der Waals surface area contributed by atoms with E-state index in [2.05, 4.69) is 15.5 Å². The number of anilines is 1. The number of nitrogens with one attached hydrogen (secondary N) is 2. The number of H-pyrrole nitrogens is 1. The summed E-state index contributed by atoms with van der Waals surface area (Å²) in [6.45, 7) is 1.96. The normalized spacial score (nSPS) is 10.0. The quantitative estimate of drug-likeness (QED) is 0.824. The minimum Gasteiger partial charge on any atom is -0.459 e. The molecule has 6 nitrogen and oxygen atoms in total. The summed E-state index contributed by atoms with van der Waals surface area (Å²) in [4.78, 5) is 11.7. The number of amides is 1. The SMILES string of the molecule is CCSc1n[nH]c(NC(=O)c2ccco2)c1C#N. The molecule has 2 rings (SSSR count). The van der Waals surface area contributed by atoms with Crippen LogP contribution in [-0.4, -0.2) is 21.9 Å². The molecule has 92 valence electrons. The lowest BCUT2D eigenvalue weighted by atomic mass is 10.3. The van der Waals surface area contributed by atoms with Crippen LogP contribution in [0.25, 0.3) is 0 Å². The molecule has 0 aliphatic rings. The maximum atomic E-state index is 11.7. The Hall–Kier alpha value is -2.20. The molecule has 0 saturated carbocycles. The molecule has 0 fully saturated rings. The minimum atomic E-state index is -0.423. The van der Waals surface area contributed by atoms with Gasteiger partial charge in [0.05, 0.1) is 6.26 Å². The molecule has 0 bridgehead atoms. The van der Waals surface area contributed by atoms with E-state index in [9.17, 15) is 4.79 Å². The van der Waals surface area contributed by atoms with E-state index in [1.807, 2.05) is 13.0 Å². The predicted octanol–water partition coefficient (Wildman–Crippen LogP) is 2.24. The van der Waals surface area contributed by atoms with Gasteiger partial charge in [0.1, 0.15) is 22.5 Å². The number of nitriles is 1. The van der Waals surface area contributed by atoms with E-state index >= 15 is 0 Å². The fraction of sp³-hybridized carbons (Fsp3) is 0.182. The van der Waals surface area contributed by atoms with E-state index in [1.54, 1.807) is 12.1 Å². The molecule has 2 aromatic rings. The van der Waals surface area contributed by atoms with Gasteiger partial charge in [0.2, 0.25) is 0 Å². The minimum absolute atomic E-state index is 0.179. The number of carbonyl (C=O) groups is 1. The highest BCUT2D eigenvalue weighted by atomic mass is 32.2. The second-order valence-electron chi connectivity index (χ2n) is 3.26. The predicted molar refractivity (Wildman–Crippen MR) is 66.4 cm³/mol. The van der Waals surface area contributed by atoms with Crippen molar-refractivity contribution in [3.8, 4) is 6.07 Å². The van der Waals surface area contributed by atoms with Gasteiger partial charge in [-0.25, -0.2) is 0 Å². The van der Waals surface area contributed by atoms with Crippen LogP contribution in [0, 0.1) is 11.3 Å². The second kappa shape index (κ2) is 5.42. The smallest absolute Gasteiger partial charge is 0.292 e. The second-order valence-corrected chi connectivity index (χ2v) is 4.51. The Kier molecular flexibility index (Phi) is 3.69. The van der Waals surface area contributed by atoms with Crippen molar-refractivity contribution in [1.29, 1.82) is 5.26 Å². The van der Waals surface area contributed by atoms with Crippen molar-refractivity contribution in [2.24, 2.45) is 0 Å². The molecular formula is C11H10N4O2S. The lowest BCUT2D eigenvalue weighted by Gasteiger charge is -1.99. The molecule has 2 heterocycles. The van der Waals surface area contributed by atoms with E-state index in [1.165, 1.54) is 18.0 Å². The third-order valence-electron chi connectivity index (χ3n) is 2.11. The molecule has 0 atom stereocenters. The topological polar surface area (TPSA) is 94.7 Å². The molecule has 0 aliphatic carbocycles. The highest BCUT2D eigenvalue weighted by molar-refractivity contribution is 7.99. The molecule has 0 saturated heterocycles. The molecule has 0 aromatic carbocycles. The van der Waals surface area contributed by atoms with Crippen molar-refractivity contribution in [2.45, 2.75) is 11.9 Å². The van der Waals surface area contributed by atoms with Gasteiger partial charge in [-0.1, -0.05) is 6.92 Å². The van der Waals surface area contributed by atoms with E-state index < -0.39 is 5.91 Å². The maximum absolute atomic E-state index is 11.7. The lowest BCUT2D eigenvalue weighted by Crippen LogP contribution is -2.12. The van der Waals surface area contributed by atoms with Crippen molar-refractivity contribution >= 4 is 23.5 Å². The first kappa shape index (κ1) is 12.3. The highest BCUT2D eigenvalue weighted by Crippen LogP contribution is 2.25. The van der Waals surface area contributed by atoms with Crippen LogP contribution in [0.5, 0.6) is 0 Å². The van der Waals surface area contributed by atoms with Crippen LogP contribution in [0.15, 0.2) is 27.8 Å². The van der Waals surface area contributed by atoms with Crippen LogP contribution < -0.4 is 5.32 Å². The zero-order chi connectivity index (χ0) is 13.0. The Bertz CT molecular complexity index is 583. The van der Waals surface area contributed by atoms with E-state index in [-0.39, 0.29) is 11.6 Å². The van der Waals surface area contributed by atoms with Gasteiger partial charge in [-0.05, 0) is 17.9 Å². The fourth-order valence-electron chi connectivity index (χ4n) is 1.34. The number of nitrogens with zero attached hydrogens (tertiary/aromatic N) is 2. The molecule has 18 heavy (non-hydrogen) atoms. The largest absolute Gasteiger partial charge is 0.459 e. The summed E-state index contributed by atoms with van der Waals surface area (Å²) in [5, 5.41) is 18.8. The monoisotopic (exact) mass is 262 g/mol. The van der Waals surface area contributed by atoms with Crippen molar-refractivity contribution in [3.63, 3.8) is 0 Å². The molecule has 0 unspecified atom stereocenters. The van der Waals surface area contributed by atoms with E-state index in [0.717, 1.165) is 5.75 Å². The molecular weight excluding hydrogens is 252 g/mol. The summed E-state index contributed by atoms with van der Waals surface area (Å²) in [7, 11) is 0. The first-order chi connectivity index (χ1) is 8.76. The third kappa shape index (κ3) is 2.38. The molecule has 2 aromatic heterocycles. The lowest BCUT2D eigenvalue weighted by molar-refractivity contribution is 0.0996. The Balaban J connectivity index is 2.20. The number of thioether (sulfide) groups is 1. The number of hydrogen-bond acceptors (Lipinski definition) is 5. The van der Waals surface area contributed by atoms with Gasteiger partial charge in [-0.15, -0.1) is 11.8 Å². The summed E-state index contributed by atoms with van der Waals surface area (Å²) in [5.41, 5.74) is 0.335. The van der Waals surface area contributed by atoms with Gasteiger partial charge < -0.3 is 9.73 Å². The van der Waals surface area contributed by atoms with Gasteiger partial charge >= 0.3 is 0 Å². The average molecular weight is 262 g/mol. The number of carbonyl (C=O) groups excluding carboxylic acids is 1. The van der Waals surface area contributed by atoms with Gasteiger partial charge in [-0.3, -0.25) is 9.89 Å². The van der Waals surface area contributed by atoms with Crippen LogP contribution in [0.2, 0.25) is 0 Å². The van der Waals surface area contributed by atoms with Gasteiger partial charge in [0.25, 0.3) is 5.91 Å². The molecule has 0 radical (unpaired) electrons. The first-order valence-electron chi connectivity index (χ1n) is 5.22. The summed E-state index contributed by atoms with van der Waals surface area (Å²) in [5.74, 6) is 0.840. The van der Waals surface area contributed by atoms with Crippen LogP contribution in [0.1, 0.15) is 23.0 Å². The zero-order valence-electron chi connectivity index (χ0n) is 9.56. The average Bonchev–Trinajstić information content (AvgIpc) is 2.99. The first-order valence-corrected chi connectivity index (χ1v) is 6.21. The van der Waals surface area contributed by atoms with Crippen LogP contribution in [-0.2, 0) is 0 Å². The number of rotatable bonds is 4. The van der Waals surface area contributed by atoms with Crippen LogP contribution in [0.4, 0.5) is 5.82 Å². The van der Waals surface area contributed by atoms with Crippen LogP contribution >= 0.6 is 11.8 Å². The number of furan rings is 1. The Labute approximate surface area is 107 Å². The van der Waals surface area contributed by atoms with Crippen molar-refractivity contribution in [1.82, 2.24) is 10.2 Å². The van der Waals surface area contributed by atoms with Gasteiger partial charge in [0, 0.05) is 0 Å². The highest BCUT2D eigenvalue weighted by Gasteiger charge is 2.17. The van der Waals surface area contributed by atoms with Crippen molar-refractivity contribution < 1.29 is 9.21 Å². The number of hydrogen-bond donors (Lipinski definition) is 2. The maximum Gasteiger partial charge on any atom is 0.292 e. The summed E-state index contributed by atoms with van der Waals surface area (Å²) in [6, 6.07) is 5.18. The zero-order valence-corrected chi connectivity index (χ0v) is 10.4. The third-order valence-corrected chi connectivity index (χ3v) is 2.97. The Morgan fingerprint density at radius 1 is 1.72 bits per heavy atom. The van der Waals surface area contributed by atoms with Gasteiger partial charge in [-0.2, -0.15) is 10.4 Å². The number of aromatic amines is 1. The van der Waals surface area contributed by atoms with Crippen molar-refractivity contribution in [3.05, 3.63) is 29.7 Å². The van der Waals surface area contributed by atoms with Gasteiger partial charge in [0.15, 0.2) is 5.76 Å². The molecule has 0 aliphatic heterocycles. The summed E-state index contributed by atoms with van der Waals surface area (Å²) in [6.07, 6.45) is 1.41. The molecule has 2 N–H and O–H groups in total. The number of aromatic nitrogens is 2. The molecule has 0 spiro atoms.